The molecule has 0 saturated carbocycles. The third-order valence-corrected chi connectivity index (χ3v) is 7.63. The number of piperazine rings is 1. The molecule has 13 heteroatoms. The monoisotopic (exact) mass is 502 g/mol. The summed E-state index contributed by atoms with van der Waals surface area (Å²) in [5, 5.41) is 12.6. The second-order valence-corrected chi connectivity index (χ2v) is 10.6. The van der Waals surface area contributed by atoms with E-state index < -0.39 is 53.0 Å². The standard InChI is InChI=1S/C22H30F4N6O3/c1-20(2,3)32(19(34)35)12-15(29-7-9-30(10-8-29)18-27-5-4-6-28-18)11-16(32)17(33)31-13-21(23,24)22(25,26)14-31/h4-6,15-16H,7-14H2,1-3H3/t15-,16-,32?/m0/s1. The molecule has 1 aromatic heterocycles. The van der Waals surface area contributed by atoms with E-state index in [0.717, 1.165) is 0 Å². The van der Waals surface area contributed by atoms with Crippen molar-refractivity contribution >= 4 is 17.9 Å². The SMILES string of the molecule is CC(C)(C)[N+]1(C(=O)[O-])C[C@@H](N2CCN(c3ncccn3)CC2)C[C@H]1C(=O)N1CC(F)(F)C(F)(F)C1. The molecular weight excluding hydrogens is 472 g/mol. The maximum absolute atomic E-state index is 13.8. The minimum atomic E-state index is -4.37. The highest BCUT2D eigenvalue weighted by molar-refractivity contribution is 5.83. The van der Waals surface area contributed by atoms with Crippen LogP contribution in [0.4, 0.5) is 28.3 Å². The van der Waals surface area contributed by atoms with Crippen molar-refractivity contribution in [2.45, 2.75) is 56.7 Å². The first-order valence-corrected chi connectivity index (χ1v) is 11.6. The fourth-order valence-electron chi connectivity index (χ4n) is 5.62. The van der Waals surface area contributed by atoms with E-state index >= 15 is 0 Å². The first-order chi connectivity index (χ1) is 16.2. The van der Waals surface area contributed by atoms with Gasteiger partial charge in [-0.05, 0) is 26.8 Å². The molecule has 3 atom stereocenters. The van der Waals surface area contributed by atoms with Crippen LogP contribution < -0.4 is 10.0 Å². The Morgan fingerprint density at radius 1 is 1.03 bits per heavy atom. The van der Waals surface area contributed by atoms with Gasteiger partial charge in [-0.1, -0.05) is 0 Å². The van der Waals surface area contributed by atoms with Crippen LogP contribution in [-0.2, 0) is 4.79 Å². The van der Waals surface area contributed by atoms with Crippen LogP contribution in [0.25, 0.3) is 0 Å². The average molecular weight is 503 g/mol. The number of anilines is 1. The van der Waals surface area contributed by atoms with Crippen molar-refractivity contribution < 1.29 is 36.7 Å². The molecule has 1 aromatic rings. The van der Waals surface area contributed by atoms with Crippen molar-refractivity contribution in [3.63, 3.8) is 0 Å². The Morgan fingerprint density at radius 2 is 1.57 bits per heavy atom. The van der Waals surface area contributed by atoms with Crippen LogP contribution in [0.15, 0.2) is 18.5 Å². The quantitative estimate of drug-likeness (QED) is 0.446. The van der Waals surface area contributed by atoms with Gasteiger partial charge in [-0.2, -0.15) is 17.6 Å². The highest BCUT2D eigenvalue weighted by Gasteiger charge is 2.67. The topological polar surface area (TPSA) is 92.7 Å². The molecule has 4 rings (SSSR count). The van der Waals surface area contributed by atoms with E-state index in [0.29, 0.717) is 37.0 Å². The zero-order valence-corrected chi connectivity index (χ0v) is 20.0. The lowest BCUT2D eigenvalue weighted by Crippen LogP contribution is -2.73. The lowest BCUT2D eigenvalue weighted by molar-refractivity contribution is -0.923. The van der Waals surface area contributed by atoms with E-state index in [1.165, 1.54) is 0 Å². The molecule has 0 spiro atoms. The predicted octanol–water partition coefficient (Wildman–Crippen LogP) is 0.811. The number of hydrogen-bond acceptors (Lipinski definition) is 7. The third-order valence-electron chi connectivity index (χ3n) is 7.63. The van der Waals surface area contributed by atoms with Gasteiger partial charge in [0.1, 0.15) is 6.54 Å². The molecule has 3 aliphatic rings. The second kappa shape index (κ2) is 8.54. The normalized spacial score (nSPS) is 31.1. The zero-order chi connectivity index (χ0) is 25.8. The number of nitrogens with zero attached hydrogens (tertiary/aromatic N) is 6. The average Bonchev–Trinajstić information content (AvgIpc) is 3.30. The fraction of sp³-hybridized carbons (Fsp3) is 0.727. The lowest BCUT2D eigenvalue weighted by Gasteiger charge is -2.49. The Morgan fingerprint density at radius 3 is 2.06 bits per heavy atom. The number of halogens is 4. The fourth-order valence-corrected chi connectivity index (χ4v) is 5.62. The molecule has 3 fully saturated rings. The molecule has 2 amide bonds. The second-order valence-electron chi connectivity index (χ2n) is 10.6. The maximum Gasteiger partial charge on any atom is 0.329 e. The summed E-state index contributed by atoms with van der Waals surface area (Å²) in [6.45, 7) is 4.25. The van der Waals surface area contributed by atoms with E-state index in [1.807, 2.05) is 4.90 Å². The Bertz CT molecular complexity index is 952. The molecule has 4 heterocycles. The van der Waals surface area contributed by atoms with Crippen LogP contribution in [0.5, 0.6) is 0 Å². The summed E-state index contributed by atoms with van der Waals surface area (Å²) in [6.07, 6.45) is 1.80. The van der Waals surface area contributed by atoms with Crippen molar-refractivity contribution in [2.24, 2.45) is 0 Å². The van der Waals surface area contributed by atoms with Crippen LogP contribution >= 0.6 is 0 Å². The number of amides is 2. The van der Waals surface area contributed by atoms with Crippen LogP contribution in [0, 0.1) is 0 Å². The van der Waals surface area contributed by atoms with Gasteiger partial charge in [-0.3, -0.25) is 14.2 Å². The van der Waals surface area contributed by atoms with Gasteiger partial charge >= 0.3 is 11.8 Å². The predicted molar refractivity (Wildman–Crippen MR) is 115 cm³/mol. The van der Waals surface area contributed by atoms with Crippen LogP contribution in [0.3, 0.4) is 0 Å². The molecule has 0 aromatic carbocycles. The van der Waals surface area contributed by atoms with Gasteiger partial charge in [-0.25, -0.2) is 9.97 Å². The highest BCUT2D eigenvalue weighted by Crippen LogP contribution is 2.44. The molecule has 3 saturated heterocycles. The first-order valence-electron chi connectivity index (χ1n) is 11.6. The summed E-state index contributed by atoms with van der Waals surface area (Å²) in [7, 11) is 0. The smallest absolute Gasteiger partial charge is 0.329 e. The van der Waals surface area contributed by atoms with Gasteiger partial charge < -0.3 is 19.7 Å². The molecule has 0 radical (unpaired) electrons. The molecule has 0 N–H and O–H groups in total. The number of carboxylic acid groups (broad SMARTS) is 1. The summed E-state index contributed by atoms with van der Waals surface area (Å²) in [5.41, 5.74) is -1.04. The third kappa shape index (κ3) is 4.22. The summed E-state index contributed by atoms with van der Waals surface area (Å²) in [5.74, 6) is -9.15. The number of likely N-dealkylation sites (tertiary alicyclic amines) is 2. The number of quaternary nitrogens is 1. The van der Waals surface area contributed by atoms with Crippen LogP contribution in [0.1, 0.15) is 27.2 Å². The van der Waals surface area contributed by atoms with E-state index in [4.69, 9.17) is 0 Å². The van der Waals surface area contributed by atoms with E-state index in [2.05, 4.69) is 14.9 Å². The molecule has 3 aliphatic heterocycles. The number of rotatable bonds is 3. The molecule has 194 valence electrons. The number of carbonyl (C=O) groups is 2. The zero-order valence-electron chi connectivity index (χ0n) is 20.0. The Balaban J connectivity index is 1.57. The molecule has 0 bridgehead atoms. The van der Waals surface area contributed by atoms with Crippen molar-refractivity contribution in [2.75, 3.05) is 50.7 Å². The Kier molecular flexibility index (Phi) is 6.23. The largest absolute Gasteiger partial charge is 0.498 e. The maximum atomic E-state index is 13.8. The van der Waals surface area contributed by atoms with Crippen molar-refractivity contribution in [3.8, 4) is 0 Å². The van der Waals surface area contributed by atoms with E-state index in [-0.39, 0.29) is 19.0 Å². The summed E-state index contributed by atoms with van der Waals surface area (Å²) in [6, 6.07) is 0.0274. The number of hydrogen-bond donors (Lipinski definition) is 0. The molecule has 9 nitrogen and oxygen atoms in total. The minimum absolute atomic E-state index is 0.00467. The van der Waals surface area contributed by atoms with Crippen molar-refractivity contribution in [1.82, 2.24) is 19.8 Å². The van der Waals surface area contributed by atoms with Gasteiger partial charge in [0.2, 0.25) is 5.95 Å². The highest BCUT2D eigenvalue weighted by atomic mass is 19.3. The molecular formula is C22H30F4N6O3. The van der Waals surface area contributed by atoms with Gasteiger partial charge in [-0.15, -0.1) is 0 Å². The molecule has 35 heavy (non-hydrogen) atoms. The van der Waals surface area contributed by atoms with Crippen molar-refractivity contribution in [1.29, 1.82) is 0 Å². The van der Waals surface area contributed by atoms with Crippen LogP contribution in [-0.4, -0.2) is 112 Å². The minimum Gasteiger partial charge on any atom is -0.498 e. The van der Waals surface area contributed by atoms with Gasteiger partial charge in [0.15, 0.2) is 6.04 Å². The van der Waals surface area contributed by atoms with Crippen LogP contribution in [0.2, 0.25) is 0 Å². The number of alkyl halides is 4. The van der Waals surface area contributed by atoms with Crippen molar-refractivity contribution in [3.05, 3.63) is 18.5 Å². The first kappa shape index (κ1) is 25.5. The number of aromatic nitrogens is 2. The van der Waals surface area contributed by atoms with Gasteiger partial charge in [0.05, 0.1) is 24.7 Å². The Hall–Kier alpha value is -2.54. The Labute approximate surface area is 200 Å². The van der Waals surface area contributed by atoms with Gasteiger partial charge in [0, 0.05) is 45.0 Å². The summed E-state index contributed by atoms with van der Waals surface area (Å²) < 4.78 is 54.6. The molecule has 1 unspecified atom stereocenters. The summed E-state index contributed by atoms with van der Waals surface area (Å²) in [4.78, 5) is 38.9. The molecule has 0 aliphatic carbocycles. The number of carbonyl (C=O) groups excluding carboxylic acids is 2. The van der Waals surface area contributed by atoms with E-state index in [1.54, 1.807) is 39.2 Å². The van der Waals surface area contributed by atoms with E-state index in [9.17, 15) is 32.3 Å². The summed E-state index contributed by atoms with van der Waals surface area (Å²) >= 11 is 0. The lowest BCUT2D eigenvalue weighted by atomic mass is 9.99. The van der Waals surface area contributed by atoms with Gasteiger partial charge in [0.25, 0.3) is 12.0 Å².